The number of rotatable bonds is 7. The molecule has 0 heterocycles. The third-order valence-corrected chi connectivity index (χ3v) is 1.99. The average Bonchev–Trinajstić information content (AvgIpc) is 2.38. The largest absolute Gasteiger partial charge is 0.454 e. The van der Waals surface area contributed by atoms with Crippen LogP contribution < -0.4 is 10.1 Å². The highest BCUT2D eigenvalue weighted by molar-refractivity contribution is 5.92. The van der Waals surface area contributed by atoms with Crippen LogP contribution in [0.15, 0.2) is 24.3 Å². The van der Waals surface area contributed by atoms with Crippen molar-refractivity contribution in [3.63, 3.8) is 0 Å². The maximum absolute atomic E-state index is 11.9. The first-order valence-corrected chi connectivity index (χ1v) is 5.50. The van der Waals surface area contributed by atoms with Gasteiger partial charge in [-0.15, -0.1) is 0 Å². The topological polar surface area (TPSA) is 73.9 Å². The molecule has 0 saturated heterocycles. The van der Waals surface area contributed by atoms with Crippen molar-refractivity contribution in [2.75, 3.05) is 25.6 Å². The summed E-state index contributed by atoms with van der Waals surface area (Å²) in [7, 11) is 1.32. The number of halogens is 2. The third-order valence-electron chi connectivity index (χ3n) is 1.99. The molecule has 1 amide bonds. The van der Waals surface area contributed by atoms with Crippen LogP contribution >= 0.6 is 0 Å². The van der Waals surface area contributed by atoms with Crippen LogP contribution in [0, 0.1) is 0 Å². The number of ether oxygens (including phenoxy) is 3. The number of anilines is 1. The third kappa shape index (κ3) is 6.10. The quantitative estimate of drug-likeness (QED) is 0.768. The molecule has 0 unspecified atom stereocenters. The molecule has 20 heavy (non-hydrogen) atoms. The molecule has 0 radical (unpaired) electrons. The van der Waals surface area contributed by atoms with Crippen LogP contribution in [0.2, 0.25) is 0 Å². The molecule has 0 aliphatic carbocycles. The second-order valence-corrected chi connectivity index (χ2v) is 3.54. The Morgan fingerprint density at radius 2 is 1.85 bits per heavy atom. The minimum absolute atomic E-state index is 0.0236. The van der Waals surface area contributed by atoms with Crippen molar-refractivity contribution in [1.82, 2.24) is 0 Å². The van der Waals surface area contributed by atoms with Gasteiger partial charge < -0.3 is 19.5 Å². The van der Waals surface area contributed by atoms with Gasteiger partial charge in [0.1, 0.15) is 12.4 Å². The maximum Gasteiger partial charge on any atom is 0.387 e. The van der Waals surface area contributed by atoms with Crippen molar-refractivity contribution >= 4 is 17.6 Å². The molecule has 0 fully saturated rings. The highest BCUT2D eigenvalue weighted by atomic mass is 19.3. The van der Waals surface area contributed by atoms with Crippen LogP contribution in [0.25, 0.3) is 0 Å². The molecule has 0 aliphatic heterocycles. The Morgan fingerprint density at radius 3 is 2.40 bits per heavy atom. The van der Waals surface area contributed by atoms with E-state index < -0.39 is 25.1 Å². The summed E-state index contributed by atoms with van der Waals surface area (Å²) < 4.78 is 37.1. The Morgan fingerprint density at radius 1 is 1.20 bits per heavy atom. The Kier molecular flexibility index (Phi) is 6.38. The molecular weight excluding hydrogens is 276 g/mol. The second kappa shape index (κ2) is 8.05. The molecule has 0 aromatic heterocycles. The Hall–Kier alpha value is -2.22. The summed E-state index contributed by atoms with van der Waals surface area (Å²) in [5.41, 5.74) is 0.361. The number of amides is 1. The fourth-order valence-corrected chi connectivity index (χ4v) is 1.22. The zero-order valence-corrected chi connectivity index (χ0v) is 10.6. The van der Waals surface area contributed by atoms with E-state index in [2.05, 4.69) is 19.5 Å². The summed E-state index contributed by atoms with van der Waals surface area (Å²) in [4.78, 5) is 22.3. The molecule has 0 saturated carbocycles. The highest BCUT2D eigenvalue weighted by Crippen LogP contribution is 2.17. The van der Waals surface area contributed by atoms with E-state index >= 15 is 0 Å². The number of hydrogen-bond donors (Lipinski definition) is 1. The van der Waals surface area contributed by atoms with E-state index in [1.54, 1.807) is 0 Å². The minimum Gasteiger partial charge on any atom is -0.454 e. The summed E-state index contributed by atoms with van der Waals surface area (Å²) >= 11 is 0. The minimum atomic E-state index is -2.91. The van der Waals surface area contributed by atoms with Gasteiger partial charge in [-0.1, -0.05) is 0 Å². The van der Waals surface area contributed by atoms with Gasteiger partial charge in [0, 0.05) is 12.8 Å². The lowest BCUT2D eigenvalue weighted by Gasteiger charge is -2.08. The summed E-state index contributed by atoms with van der Waals surface area (Å²) in [5.74, 6) is -1.25. The van der Waals surface area contributed by atoms with Crippen LogP contribution in [0.5, 0.6) is 5.75 Å². The summed E-state index contributed by atoms with van der Waals surface area (Å²) in [6, 6.07) is 5.32. The molecule has 0 atom stereocenters. The lowest BCUT2D eigenvalue weighted by atomic mass is 10.3. The molecule has 1 aromatic rings. The van der Waals surface area contributed by atoms with Gasteiger partial charge in [0.2, 0.25) is 0 Å². The highest BCUT2D eigenvalue weighted by Gasteiger charge is 2.08. The molecule has 1 rings (SSSR count). The van der Waals surface area contributed by atoms with E-state index in [9.17, 15) is 18.4 Å². The van der Waals surface area contributed by atoms with Gasteiger partial charge in [0.15, 0.2) is 6.61 Å². The van der Waals surface area contributed by atoms with Gasteiger partial charge in [-0.2, -0.15) is 8.78 Å². The van der Waals surface area contributed by atoms with Crippen LogP contribution in [-0.2, 0) is 19.1 Å². The standard InChI is InChI=1S/C12H13F2NO5/c1-18-7-11(17)19-6-10(16)15-8-2-4-9(5-3-8)20-12(13)14/h2-5,12H,6-7H2,1H3,(H,15,16). The van der Waals surface area contributed by atoms with Crippen LogP contribution in [0.1, 0.15) is 0 Å². The number of esters is 1. The van der Waals surface area contributed by atoms with Crippen LogP contribution in [0.3, 0.4) is 0 Å². The zero-order chi connectivity index (χ0) is 15.0. The molecule has 0 spiro atoms. The van der Waals surface area contributed by atoms with Gasteiger partial charge in [-0.3, -0.25) is 4.79 Å². The predicted molar refractivity (Wildman–Crippen MR) is 64.5 cm³/mol. The average molecular weight is 289 g/mol. The number of carbonyl (C=O) groups excluding carboxylic acids is 2. The molecule has 8 heteroatoms. The molecular formula is C12H13F2NO5. The lowest BCUT2D eigenvalue weighted by molar-refractivity contribution is -0.150. The van der Waals surface area contributed by atoms with E-state index in [0.29, 0.717) is 5.69 Å². The van der Waals surface area contributed by atoms with Crippen molar-refractivity contribution < 1.29 is 32.6 Å². The fraction of sp³-hybridized carbons (Fsp3) is 0.333. The monoisotopic (exact) mass is 289 g/mol. The number of benzene rings is 1. The van der Waals surface area contributed by atoms with Gasteiger partial charge >= 0.3 is 12.6 Å². The van der Waals surface area contributed by atoms with Crippen LogP contribution in [0.4, 0.5) is 14.5 Å². The smallest absolute Gasteiger partial charge is 0.387 e. The van der Waals surface area contributed by atoms with E-state index in [1.807, 2.05) is 0 Å². The van der Waals surface area contributed by atoms with E-state index in [4.69, 9.17) is 0 Å². The number of alkyl halides is 2. The summed E-state index contributed by atoms with van der Waals surface area (Å²) in [6.45, 7) is -3.61. The van der Waals surface area contributed by atoms with E-state index in [0.717, 1.165) is 0 Å². The first kappa shape index (κ1) is 15.8. The Labute approximate surface area is 113 Å². The first-order valence-electron chi connectivity index (χ1n) is 5.50. The molecule has 110 valence electrons. The maximum atomic E-state index is 11.9. The fourth-order valence-electron chi connectivity index (χ4n) is 1.22. The Bertz CT molecular complexity index is 450. The summed E-state index contributed by atoms with van der Waals surface area (Å²) in [6.07, 6.45) is 0. The zero-order valence-electron chi connectivity index (χ0n) is 10.6. The van der Waals surface area contributed by atoms with Gasteiger partial charge in [0.25, 0.3) is 5.91 Å². The molecule has 6 nitrogen and oxygen atoms in total. The van der Waals surface area contributed by atoms with E-state index in [-0.39, 0.29) is 12.4 Å². The van der Waals surface area contributed by atoms with Crippen molar-refractivity contribution in [2.45, 2.75) is 6.61 Å². The predicted octanol–water partition coefficient (Wildman–Crippen LogP) is 1.42. The van der Waals surface area contributed by atoms with Crippen molar-refractivity contribution in [3.05, 3.63) is 24.3 Å². The number of nitrogens with one attached hydrogen (secondary N) is 1. The van der Waals surface area contributed by atoms with Crippen molar-refractivity contribution in [2.24, 2.45) is 0 Å². The van der Waals surface area contributed by atoms with Gasteiger partial charge in [-0.05, 0) is 24.3 Å². The van der Waals surface area contributed by atoms with Crippen molar-refractivity contribution in [3.8, 4) is 5.75 Å². The molecule has 0 bridgehead atoms. The number of methoxy groups -OCH3 is 1. The van der Waals surface area contributed by atoms with Gasteiger partial charge in [-0.25, -0.2) is 4.79 Å². The SMILES string of the molecule is COCC(=O)OCC(=O)Nc1ccc(OC(F)F)cc1. The van der Waals surface area contributed by atoms with Gasteiger partial charge in [0.05, 0.1) is 0 Å². The Balaban J connectivity index is 2.40. The molecule has 0 aliphatic rings. The number of carbonyl (C=O) groups is 2. The summed E-state index contributed by atoms with van der Waals surface area (Å²) in [5, 5.41) is 2.42. The van der Waals surface area contributed by atoms with Crippen LogP contribution in [-0.4, -0.2) is 38.8 Å². The second-order valence-electron chi connectivity index (χ2n) is 3.54. The van der Waals surface area contributed by atoms with Crippen molar-refractivity contribution in [1.29, 1.82) is 0 Å². The van der Waals surface area contributed by atoms with E-state index in [1.165, 1.54) is 31.4 Å². The lowest BCUT2D eigenvalue weighted by Crippen LogP contribution is -2.22. The normalized spacial score (nSPS) is 10.2. The molecule has 1 aromatic carbocycles. The first-order chi connectivity index (χ1) is 9.51. The number of hydrogen-bond acceptors (Lipinski definition) is 5. The molecule has 1 N–H and O–H groups in total.